The van der Waals surface area contributed by atoms with Gasteiger partial charge < -0.3 is 18.8 Å². The van der Waals surface area contributed by atoms with Crippen molar-refractivity contribution in [2.45, 2.75) is 19.9 Å². The Balaban J connectivity index is 1.65. The lowest BCUT2D eigenvalue weighted by atomic mass is 10.1. The van der Waals surface area contributed by atoms with Crippen LogP contribution in [0.25, 0.3) is 17.1 Å². The number of ether oxygens (including phenoxy) is 3. The first-order chi connectivity index (χ1) is 16.1. The number of esters is 1. The molecule has 0 aliphatic carbocycles. The molecule has 0 unspecified atom stereocenters. The first kappa shape index (κ1) is 20.7. The van der Waals surface area contributed by atoms with Gasteiger partial charge >= 0.3 is 5.97 Å². The Hall–Kier alpha value is -4.14. The van der Waals surface area contributed by atoms with Crippen molar-refractivity contribution in [3.05, 3.63) is 71.6 Å². The van der Waals surface area contributed by atoms with Crippen LogP contribution in [-0.4, -0.2) is 51.1 Å². The van der Waals surface area contributed by atoms with E-state index in [4.69, 9.17) is 14.2 Å². The van der Waals surface area contributed by atoms with E-state index >= 15 is 0 Å². The van der Waals surface area contributed by atoms with E-state index in [2.05, 4.69) is 15.2 Å². The molecule has 5 rings (SSSR count). The zero-order valence-corrected chi connectivity index (χ0v) is 18.6. The van der Waals surface area contributed by atoms with Crippen LogP contribution in [0.3, 0.4) is 0 Å². The molecular weight excluding hydrogens is 422 g/mol. The smallest absolute Gasteiger partial charge is 0.358 e. The third-order valence-corrected chi connectivity index (χ3v) is 5.70. The molecule has 0 N–H and O–H groups in total. The van der Waals surface area contributed by atoms with Gasteiger partial charge in [0.05, 0.1) is 38.8 Å². The zero-order chi connectivity index (χ0) is 22.9. The van der Waals surface area contributed by atoms with Crippen molar-refractivity contribution in [1.29, 1.82) is 0 Å². The van der Waals surface area contributed by atoms with E-state index in [0.29, 0.717) is 24.5 Å². The number of aromatic nitrogens is 5. The number of carbonyl (C=O) groups is 1. The van der Waals surface area contributed by atoms with Gasteiger partial charge in [0.1, 0.15) is 23.7 Å². The SMILES string of the molecule is CCOC(=O)c1ncn2c1Cn1c(Cc3ccc(OC)cc3)nnc1-c1cc(OC)ccc1-2. The van der Waals surface area contributed by atoms with E-state index in [-0.39, 0.29) is 12.3 Å². The lowest BCUT2D eigenvalue weighted by Gasteiger charge is -2.10. The van der Waals surface area contributed by atoms with Gasteiger partial charge in [0, 0.05) is 12.0 Å². The molecule has 0 saturated carbocycles. The summed E-state index contributed by atoms with van der Waals surface area (Å²) in [5, 5.41) is 9.01. The Kier molecular flexibility index (Phi) is 5.29. The number of benzene rings is 2. The fourth-order valence-electron chi connectivity index (χ4n) is 4.04. The minimum atomic E-state index is -0.449. The van der Waals surface area contributed by atoms with Crippen molar-refractivity contribution in [1.82, 2.24) is 24.3 Å². The summed E-state index contributed by atoms with van der Waals surface area (Å²) < 4.78 is 19.9. The minimum absolute atomic E-state index is 0.277. The van der Waals surface area contributed by atoms with Gasteiger partial charge in [-0.25, -0.2) is 9.78 Å². The lowest BCUT2D eigenvalue weighted by molar-refractivity contribution is 0.0518. The number of carbonyl (C=O) groups excluding carboxylic acids is 1. The number of rotatable bonds is 6. The molecule has 0 fully saturated rings. The average molecular weight is 445 g/mol. The molecule has 1 aliphatic heterocycles. The quantitative estimate of drug-likeness (QED) is 0.370. The molecule has 9 heteroatoms. The zero-order valence-electron chi connectivity index (χ0n) is 18.6. The highest BCUT2D eigenvalue weighted by Gasteiger charge is 2.28. The van der Waals surface area contributed by atoms with Gasteiger partial charge in [-0.3, -0.25) is 4.57 Å². The minimum Gasteiger partial charge on any atom is -0.497 e. The molecule has 168 valence electrons. The molecule has 2 aromatic carbocycles. The number of hydrogen-bond acceptors (Lipinski definition) is 7. The maximum Gasteiger partial charge on any atom is 0.358 e. The largest absolute Gasteiger partial charge is 0.497 e. The van der Waals surface area contributed by atoms with Crippen LogP contribution >= 0.6 is 0 Å². The predicted molar refractivity (Wildman–Crippen MR) is 120 cm³/mol. The highest BCUT2D eigenvalue weighted by Crippen LogP contribution is 2.35. The van der Waals surface area contributed by atoms with E-state index in [0.717, 1.165) is 34.1 Å². The van der Waals surface area contributed by atoms with Crippen molar-refractivity contribution < 1.29 is 19.0 Å². The number of methoxy groups -OCH3 is 2. The summed E-state index contributed by atoms with van der Waals surface area (Å²) in [6.07, 6.45) is 2.22. The second kappa shape index (κ2) is 8.42. The van der Waals surface area contributed by atoms with Crippen LogP contribution in [0, 0.1) is 0 Å². The summed E-state index contributed by atoms with van der Waals surface area (Å²) in [4.78, 5) is 17.0. The number of nitrogens with zero attached hydrogens (tertiary/aromatic N) is 5. The van der Waals surface area contributed by atoms with Crippen LogP contribution in [0.1, 0.15) is 34.5 Å². The summed E-state index contributed by atoms with van der Waals surface area (Å²) in [6.45, 7) is 2.43. The van der Waals surface area contributed by atoms with Gasteiger partial charge in [-0.05, 0) is 42.8 Å². The van der Waals surface area contributed by atoms with Crippen LogP contribution < -0.4 is 9.47 Å². The Morgan fingerprint density at radius 1 is 1.03 bits per heavy atom. The first-order valence-electron chi connectivity index (χ1n) is 10.6. The average Bonchev–Trinajstić information content (AvgIpc) is 3.41. The van der Waals surface area contributed by atoms with Crippen LogP contribution in [0.2, 0.25) is 0 Å². The van der Waals surface area contributed by atoms with Crippen molar-refractivity contribution >= 4 is 5.97 Å². The van der Waals surface area contributed by atoms with Gasteiger partial charge in [-0.2, -0.15) is 0 Å². The Morgan fingerprint density at radius 2 is 1.79 bits per heavy atom. The van der Waals surface area contributed by atoms with Crippen molar-refractivity contribution in [2.24, 2.45) is 0 Å². The first-order valence-corrected chi connectivity index (χ1v) is 10.6. The summed E-state index contributed by atoms with van der Waals surface area (Å²) >= 11 is 0. The van der Waals surface area contributed by atoms with Crippen molar-refractivity contribution in [2.75, 3.05) is 20.8 Å². The molecule has 0 bridgehead atoms. The van der Waals surface area contributed by atoms with Crippen LogP contribution in [0.15, 0.2) is 48.8 Å². The molecule has 0 spiro atoms. The molecule has 0 radical (unpaired) electrons. The van der Waals surface area contributed by atoms with E-state index in [1.54, 1.807) is 27.5 Å². The monoisotopic (exact) mass is 445 g/mol. The van der Waals surface area contributed by atoms with E-state index in [1.165, 1.54) is 0 Å². The molecule has 1 aliphatic rings. The van der Waals surface area contributed by atoms with Gasteiger partial charge in [0.25, 0.3) is 0 Å². The summed E-state index contributed by atoms with van der Waals surface area (Å²) in [7, 11) is 3.27. The number of hydrogen-bond donors (Lipinski definition) is 0. The van der Waals surface area contributed by atoms with Gasteiger partial charge in [-0.1, -0.05) is 12.1 Å². The van der Waals surface area contributed by atoms with Crippen molar-refractivity contribution in [3.8, 4) is 28.6 Å². The fraction of sp³-hybridized carbons (Fsp3) is 0.250. The maximum atomic E-state index is 12.6. The fourth-order valence-corrected chi connectivity index (χ4v) is 4.04. The normalized spacial score (nSPS) is 11.7. The van der Waals surface area contributed by atoms with Gasteiger partial charge in [0.2, 0.25) is 0 Å². The lowest BCUT2D eigenvalue weighted by Crippen LogP contribution is -2.13. The van der Waals surface area contributed by atoms with E-state index in [1.807, 2.05) is 51.6 Å². The highest BCUT2D eigenvalue weighted by molar-refractivity contribution is 5.89. The maximum absolute atomic E-state index is 12.6. The molecule has 0 amide bonds. The van der Waals surface area contributed by atoms with Crippen LogP contribution in [-0.2, 0) is 17.7 Å². The van der Waals surface area contributed by atoms with E-state index in [9.17, 15) is 4.79 Å². The number of fused-ring (bicyclic) bond motifs is 5. The standard InChI is InChI=1S/C24H23N5O4/c1-4-33-24(30)22-20-13-28-21(11-15-5-7-16(31-2)8-6-15)26-27-23(28)18-12-17(32-3)9-10-19(18)29(20)14-25-22/h5-10,12,14H,4,11,13H2,1-3H3. The molecule has 4 aromatic rings. The highest BCUT2D eigenvalue weighted by atomic mass is 16.5. The Morgan fingerprint density at radius 3 is 2.52 bits per heavy atom. The second-order valence-electron chi connectivity index (χ2n) is 7.56. The molecule has 0 saturated heterocycles. The molecule has 33 heavy (non-hydrogen) atoms. The number of imidazole rings is 1. The predicted octanol–water partition coefficient (Wildman–Crippen LogP) is 3.28. The second-order valence-corrected chi connectivity index (χ2v) is 7.56. The molecule has 9 nitrogen and oxygen atoms in total. The summed E-state index contributed by atoms with van der Waals surface area (Å²) in [6, 6.07) is 13.6. The third kappa shape index (κ3) is 3.61. The molecule has 0 atom stereocenters. The van der Waals surface area contributed by atoms with Crippen molar-refractivity contribution in [3.63, 3.8) is 0 Å². The van der Waals surface area contributed by atoms with Gasteiger partial charge in [-0.15, -0.1) is 10.2 Å². The summed E-state index contributed by atoms with van der Waals surface area (Å²) in [5.74, 6) is 2.52. The Labute approximate surface area is 190 Å². The van der Waals surface area contributed by atoms with Crippen LogP contribution in [0.5, 0.6) is 11.5 Å². The third-order valence-electron chi connectivity index (χ3n) is 5.70. The summed E-state index contributed by atoms with van der Waals surface area (Å²) in [5.41, 5.74) is 3.76. The Bertz CT molecular complexity index is 1320. The molecular formula is C24H23N5O4. The van der Waals surface area contributed by atoms with Gasteiger partial charge in [0.15, 0.2) is 11.5 Å². The van der Waals surface area contributed by atoms with E-state index < -0.39 is 5.97 Å². The molecule has 3 heterocycles. The topological polar surface area (TPSA) is 93.3 Å². The molecule has 2 aromatic heterocycles. The van der Waals surface area contributed by atoms with Crippen LogP contribution in [0.4, 0.5) is 0 Å².